The summed E-state index contributed by atoms with van der Waals surface area (Å²) in [6.07, 6.45) is 2.23. The summed E-state index contributed by atoms with van der Waals surface area (Å²) in [4.78, 5) is 16.2. The summed E-state index contributed by atoms with van der Waals surface area (Å²) in [5, 5.41) is 8.67. The maximum atomic E-state index is 12.7. The molecule has 1 aromatic heterocycles. The van der Waals surface area contributed by atoms with E-state index in [1.807, 2.05) is 30.3 Å². The number of H-pyrrole nitrogens is 1. The average Bonchev–Trinajstić information content (AvgIpc) is 3.13. The Hall–Kier alpha value is -3.32. The van der Waals surface area contributed by atoms with Crippen LogP contribution in [0, 0.1) is 0 Å². The van der Waals surface area contributed by atoms with Crippen LogP contribution < -0.4 is 20.2 Å². The van der Waals surface area contributed by atoms with E-state index in [1.165, 1.54) is 10.9 Å². The van der Waals surface area contributed by atoms with Gasteiger partial charge in [0, 0.05) is 22.6 Å². The lowest BCUT2D eigenvalue weighted by molar-refractivity contribution is -0.123. The van der Waals surface area contributed by atoms with Gasteiger partial charge in [-0.1, -0.05) is 18.2 Å². The van der Waals surface area contributed by atoms with Gasteiger partial charge in [0.15, 0.2) is 11.5 Å². The van der Waals surface area contributed by atoms with E-state index >= 15 is 0 Å². The van der Waals surface area contributed by atoms with Crippen LogP contribution in [0.25, 0.3) is 10.9 Å². The Morgan fingerprint density at radius 1 is 1.17 bits per heavy atom. The largest absolute Gasteiger partial charge is 0.486 e. The molecule has 29 heavy (non-hydrogen) atoms. The number of ether oxygens (including phenoxy) is 2. The Morgan fingerprint density at radius 3 is 2.90 bits per heavy atom. The Kier molecular flexibility index (Phi) is 4.44. The Morgan fingerprint density at radius 2 is 2.00 bits per heavy atom. The van der Waals surface area contributed by atoms with Crippen LogP contribution in [0.5, 0.6) is 11.5 Å². The van der Waals surface area contributed by atoms with E-state index < -0.39 is 0 Å². The number of benzene rings is 2. The van der Waals surface area contributed by atoms with Gasteiger partial charge in [-0.25, -0.2) is 5.43 Å². The second-order valence-corrected chi connectivity index (χ2v) is 7.35. The van der Waals surface area contributed by atoms with Crippen molar-refractivity contribution in [3.8, 4) is 11.5 Å². The molecule has 1 amide bonds. The van der Waals surface area contributed by atoms with Gasteiger partial charge in [0.25, 0.3) is 5.91 Å². The number of hydrogen-bond acceptors (Lipinski definition) is 5. The molecule has 0 fully saturated rings. The molecular weight excluding hydrogens is 368 g/mol. The number of amides is 1. The number of nitrogens with one attached hydrogen (secondary N) is 3. The number of aromatic amines is 1. The number of fused-ring (bicyclic) bond motifs is 4. The van der Waals surface area contributed by atoms with E-state index in [9.17, 15) is 4.79 Å². The molecule has 0 spiro atoms. The highest BCUT2D eigenvalue weighted by Crippen LogP contribution is 2.32. The molecule has 2 aromatic carbocycles. The number of rotatable bonds is 3. The first-order chi connectivity index (χ1) is 14.2. The lowest BCUT2D eigenvalue weighted by Gasteiger charge is -2.27. The predicted molar refractivity (Wildman–Crippen MR) is 111 cm³/mol. The first kappa shape index (κ1) is 17.8. The fraction of sp³-hybridized carbons (Fsp3) is 0.273. The van der Waals surface area contributed by atoms with Crippen molar-refractivity contribution in [3.63, 3.8) is 0 Å². The number of carbonyl (C=O) groups excluding carboxylic acids is 1. The molecule has 0 radical (unpaired) electrons. The summed E-state index contributed by atoms with van der Waals surface area (Å²) in [6, 6.07) is 13.5. The fourth-order valence-corrected chi connectivity index (χ4v) is 4.02. The summed E-state index contributed by atoms with van der Waals surface area (Å²) in [6.45, 7) is 3.15. The van der Waals surface area contributed by atoms with Gasteiger partial charge in [-0.05, 0) is 48.7 Å². The topological polar surface area (TPSA) is 87.7 Å². The molecule has 7 nitrogen and oxygen atoms in total. The summed E-state index contributed by atoms with van der Waals surface area (Å²) in [7, 11) is 0. The van der Waals surface area contributed by atoms with Gasteiger partial charge in [0.2, 0.25) is 0 Å². The van der Waals surface area contributed by atoms with Crippen molar-refractivity contribution in [2.45, 2.75) is 25.4 Å². The molecule has 0 saturated heterocycles. The molecule has 3 aromatic rings. The summed E-state index contributed by atoms with van der Waals surface area (Å²) in [5.41, 5.74) is 6.94. The zero-order valence-electron chi connectivity index (χ0n) is 16.1. The van der Waals surface area contributed by atoms with Crippen molar-refractivity contribution in [2.24, 2.45) is 5.10 Å². The van der Waals surface area contributed by atoms with E-state index in [1.54, 1.807) is 6.21 Å². The monoisotopic (exact) mass is 390 g/mol. The molecule has 3 heterocycles. The molecule has 2 aliphatic rings. The maximum Gasteiger partial charge on any atom is 0.257 e. The highest BCUT2D eigenvalue weighted by Gasteiger charge is 2.30. The van der Waals surface area contributed by atoms with Crippen molar-refractivity contribution in [1.29, 1.82) is 0 Å². The molecule has 3 N–H and O–H groups in total. The van der Waals surface area contributed by atoms with Crippen LogP contribution in [0.1, 0.15) is 29.8 Å². The van der Waals surface area contributed by atoms with Crippen molar-refractivity contribution in [1.82, 2.24) is 15.7 Å². The summed E-state index contributed by atoms with van der Waals surface area (Å²) in [5.74, 6) is 1.27. The third-order valence-corrected chi connectivity index (χ3v) is 5.41. The molecule has 2 atom stereocenters. The molecule has 0 aliphatic carbocycles. The van der Waals surface area contributed by atoms with Gasteiger partial charge in [0.1, 0.15) is 13.2 Å². The third kappa shape index (κ3) is 3.34. The van der Waals surface area contributed by atoms with Crippen molar-refractivity contribution in [3.05, 3.63) is 59.3 Å². The molecule has 5 rings (SSSR count). The molecular formula is C22H22N4O3. The third-order valence-electron chi connectivity index (χ3n) is 5.41. The zero-order chi connectivity index (χ0) is 19.8. The first-order valence-electron chi connectivity index (χ1n) is 9.77. The van der Waals surface area contributed by atoms with Crippen LogP contribution in [0.15, 0.2) is 47.6 Å². The molecule has 0 saturated carbocycles. The standard InChI is InChI=1S/C22H22N4O3/c1-13-21-16(15-4-2-3-5-17(15)25-21)11-18(24-13)22(27)26-23-12-14-6-7-19-20(10-14)29-9-8-28-19/h2-7,10,12-13,18,24-25H,8-9,11H2,1H3,(H,26,27)/b23-12+. The van der Waals surface area contributed by atoms with Crippen LogP contribution in [0.4, 0.5) is 0 Å². The molecule has 2 aliphatic heterocycles. The predicted octanol–water partition coefficient (Wildman–Crippen LogP) is 2.66. The Bertz CT molecular complexity index is 1100. The van der Waals surface area contributed by atoms with Crippen LogP contribution in [-0.4, -0.2) is 36.4 Å². The quantitative estimate of drug-likeness (QED) is 0.474. The SMILES string of the molecule is CC1NC(C(=O)N/N=C/c2ccc3c(c2)OCCO3)Cc2c1[nH]c1ccccc21. The molecule has 2 unspecified atom stereocenters. The van der Waals surface area contributed by atoms with Crippen LogP contribution >= 0.6 is 0 Å². The van der Waals surface area contributed by atoms with E-state index in [0.29, 0.717) is 25.4 Å². The normalized spacial score (nSPS) is 20.6. The van der Waals surface area contributed by atoms with Crippen LogP contribution in [0.2, 0.25) is 0 Å². The zero-order valence-corrected chi connectivity index (χ0v) is 16.1. The van der Waals surface area contributed by atoms with Gasteiger partial charge in [-0.15, -0.1) is 0 Å². The van der Waals surface area contributed by atoms with E-state index in [4.69, 9.17) is 9.47 Å². The van der Waals surface area contributed by atoms with E-state index in [0.717, 1.165) is 22.5 Å². The lowest BCUT2D eigenvalue weighted by atomic mass is 9.94. The van der Waals surface area contributed by atoms with Crippen LogP contribution in [-0.2, 0) is 11.2 Å². The minimum absolute atomic E-state index is 0.0590. The number of hydrogen-bond donors (Lipinski definition) is 3. The first-order valence-corrected chi connectivity index (χ1v) is 9.77. The van der Waals surface area contributed by atoms with Crippen molar-refractivity contribution < 1.29 is 14.3 Å². The minimum Gasteiger partial charge on any atom is -0.486 e. The average molecular weight is 390 g/mol. The van der Waals surface area contributed by atoms with Gasteiger partial charge in [-0.3, -0.25) is 10.1 Å². The number of nitrogens with zero attached hydrogens (tertiary/aromatic N) is 1. The number of para-hydroxylation sites is 1. The van der Waals surface area contributed by atoms with Gasteiger partial charge in [-0.2, -0.15) is 5.10 Å². The smallest absolute Gasteiger partial charge is 0.257 e. The summed E-state index contributed by atoms with van der Waals surface area (Å²) < 4.78 is 11.1. The van der Waals surface area contributed by atoms with Gasteiger partial charge < -0.3 is 14.5 Å². The second-order valence-electron chi connectivity index (χ2n) is 7.35. The maximum absolute atomic E-state index is 12.7. The Balaban J connectivity index is 1.28. The molecule has 7 heteroatoms. The fourth-order valence-electron chi connectivity index (χ4n) is 4.02. The Labute approximate surface area is 168 Å². The van der Waals surface area contributed by atoms with Crippen molar-refractivity contribution in [2.75, 3.05) is 13.2 Å². The second kappa shape index (κ2) is 7.25. The molecule has 0 bridgehead atoms. The van der Waals surface area contributed by atoms with Gasteiger partial charge in [0.05, 0.1) is 12.3 Å². The highest BCUT2D eigenvalue weighted by atomic mass is 16.6. The van der Waals surface area contributed by atoms with E-state index in [2.05, 4.69) is 39.9 Å². The molecule has 148 valence electrons. The minimum atomic E-state index is -0.339. The van der Waals surface area contributed by atoms with Crippen molar-refractivity contribution >= 4 is 23.0 Å². The lowest BCUT2D eigenvalue weighted by Crippen LogP contribution is -2.47. The highest BCUT2D eigenvalue weighted by molar-refractivity contribution is 5.89. The number of carbonyl (C=O) groups is 1. The van der Waals surface area contributed by atoms with Crippen LogP contribution in [0.3, 0.4) is 0 Å². The van der Waals surface area contributed by atoms with Gasteiger partial charge >= 0.3 is 0 Å². The van der Waals surface area contributed by atoms with E-state index in [-0.39, 0.29) is 18.0 Å². The number of hydrazone groups is 1. The summed E-state index contributed by atoms with van der Waals surface area (Å²) >= 11 is 0. The number of aromatic nitrogens is 1.